The second-order valence-corrected chi connectivity index (χ2v) is 8.49. The Bertz CT molecular complexity index is 1520. The third kappa shape index (κ3) is 5.22. The molecular weight excluding hydrogens is 455 g/mol. The molecule has 0 aliphatic rings. The Morgan fingerprint density at radius 2 is 1.83 bits per heavy atom. The number of amides is 1. The summed E-state index contributed by atoms with van der Waals surface area (Å²) in [6, 6.07) is 21.8. The van der Waals surface area contributed by atoms with Crippen LogP contribution in [0.15, 0.2) is 85.2 Å². The zero-order chi connectivity index (χ0) is 24.9. The van der Waals surface area contributed by atoms with Gasteiger partial charge in [0.15, 0.2) is 5.82 Å². The van der Waals surface area contributed by atoms with Gasteiger partial charge in [-0.05, 0) is 48.4 Å². The van der Waals surface area contributed by atoms with Crippen molar-refractivity contribution in [1.29, 1.82) is 0 Å². The van der Waals surface area contributed by atoms with Crippen molar-refractivity contribution in [2.24, 2.45) is 0 Å². The van der Waals surface area contributed by atoms with Crippen molar-refractivity contribution in [3.05, 3.63) is 119 Å². The van der Waals surface area contributed by atoms with Crippen molar-refractivity contribution in [3.63, 3.8) is 0 Å². The predicted octanol–water partition coefficient (Wildman–Crippen LogP) is 4.86. The standard InChI is InChI=1S/C28H25FN6O/c1-19-7-4-11-23-26(19)33-25(34-27(23)30-16-22-9-2-3-12-24(22)29)17-31-28(36)21-10-5-8-20(15-21)18-35-14-6-13-32-35/h2-15H,16-18H2,1H3,(H,31,36)(H,30,33,34). The van der Waals surface area contributed by atoms with Gasteiger partial charge in [-0.2, -0.15) is 5.10 Å². The van der Waals surface area contributed by atoms with Crippen molar-refractivity contribution in [1.82, 2.24) is 25.1 Å². The molecule has 1 amide bonds. The molecular formula is C28H25FN6O. The molecule has 0 fully saturated rings. The summed E-state index contributed by atoms with van der Waals surface area (Å²) in [5.74, 6) is 0.569. The van der Waals surface area contributed by atoms with Gasteiger partial charge in [-0.3, -0.25) is 9.48 Å². The summed E-state index contributed by atoms with van der Waals surface area (Å²) in [4.78, 5) is 22.2. The van der Waals surface area contributed by atoms with Gasteiger partial charge in [-0.1, -0.05) is 42.5 Å². The van der Waals surface area contributed by atoms with Crippen LogP contribution in [0.3, 0.4) is 0 Å². The highest BCUT2D eigenvalue weighted by Gasteiger charge is 2.13. The zero-order valence-electron chi connectivity index (χ0n) is 19.8. The number of fused-ring (bicyclic) bond motifs is 1. The first-order valence-electron chi connectivity index (χ1n) is 11.6. The second kappa shape index (κ2) is 10.4. The van der Waals surface area contributed by atoms with E-state index in [-0.39, 0.29) is 24.8 Å². The number of para-hydroxylation sites is 1. The molecule has 7 nitrogen and oxygen atoms in total. The highest BCUT2D eigenvalue weighted by Crippen LogP contribution is 2.24. The monoisotopic (exact) mass is 480 g/mol. The van der Waals surface area contributed by atoms with E-state index in [2.05, 4.69) is 25.7 Å². The first-order chi connectivity index (χ1) is 17.6. The van der Waals surface area contributed by atoms with Gasteiger partial charge < -0.3 is 10.6 Å². The van der Waals surface area contributed by atoms with Gasteiger partial charge in [0.05, 0.1) is 18.6 Å². The molecule has 8 heteroatoms. The van der Waals surface area contributed by atoms with Crippen LogP contribution < -0.4 is 10.6 Å². The Balaban J connectivity index is 1.34. The number of anilines is 1. The fraction of sp³-hybridized carbons (Fsp3) is 0.143. The topological polar surface area (TPSA) is 84.7 Å². The molecule has 0 unspecified atom stereocenters. The number of hydrogen-bond acceptors (Lipinski definition) is 5. The van der Waals surface area contributed by atoms with E-state index in [1.54, 1.807) is 35.1 Å². The highest BCUT2D eigenvalue weighted by molar-refractivity contribution is 5.94. The molecule has 0 radical (unpaired) electrons. The van der Waals surface area contributed by atoms with E-state index in [4.69, 9.17) is 0 Å². The van der Waals surface area contributed by atoms with E-state index in [0.29, 0.717) is 29.3 Å². The highest BCUT2D eigenvalue weighted by atomic mass is 19.1. The van der Waals surface area contributed by atoms with E-state index >= 15 is 0 Å². The van der Waals surface area contributed by atoms with Crippen LogP contribution in [0.2, 0.25) is 0 Å². The summed E-state index contributed by atoms with van der Waals surface area (Å²) in [6.45, 7) is 2.99. The van der Waals surface area contributed by atoms with Crippen LogP contribution >= 0.6 is 0 Å². The number of benzene rings is 3. The minimum atomic E-state index is -0.276. The summed E-state index contributed by atoms with van der Waals surface area (Å²) < 4.78 is 15.9. The van der Waals surface area contributed by atoms with Crippen LogP contribution in [0, 0.1) is 12.7 Å². The lowest BCUT2D eigenvalue weighted by Gasteiger charge is -2.13. The third-order valence-electron chi connectivity index (χ3n) is 5.88. The number of carbonyl (C=O) groups excluding carboxylic acids is 1. The minimum Gasteiger partial charge on any atom is -0.365 e. The predicted molar refractivity (Wildman–Crippen MR) is 137 cm³/mol. The van der Waals surface area contributed by atoms with Gasteiger partial charge in [-0.25, -0.2) is 14.4 Å². The Kier molecular flexibility index (Phi) is 6.66. The Labute approximate surface area is 208 Å². The maximum Gasteiger partial charge on any atom is 0.251 e. The summed E-state index contributed by atoms with van der Waals surface area (Å²) in [6.07, 6.45) is 3.60. The number of nitrogens with zero attached hydrogens (tertiary/aromatic N) is 4. The van der Waals surface area contributed by atoms with Crippen LogP contribution in [-0.2, 0) is 19.6 Å². The average Bonchev–Trinajstić information content (AvgIpc) is 3.40. The maximum absolute atomic E-state index is 14.1. The first kappa shape index (κ1) is 23.2. The van der Waals surface area contributed by atoms with Crippen LogP contribution in [-0.4, -0.2) is 25.7 Å². The quantitative estimate of drug-likeness (QED) is 0.331. The first-order valence-corrected chi connectivity index (χ1v) is 11.6. The molecule has 36 heavy (non-hydrogen) atoms. The number of halogens is 1. The summed E-state index contributed by atoms with van der Waals surface area (Å²) in [5, 5.41) is 11.2. The fourth-order valence-electron chi connectivity index (χ4n) is 4.03. The molecule has 0 atom stereocenters. The summed E-state index contributed by atoms with van der Waals surface area (Å²) in [7, 11) is 0. The molecule has 0 spiro atoms. The third-order valence-corrected chi connectivity index (χ3v) is 5.88. The molecule has 0 bridgehead atoms. The van der Waals surface area contributed by atoms with Crippen molar-refractivity contribution in [2.45, 2.75) is 26.6 Å². The molecule has 5 rings (SSSR count). The molecule has 2 aromatic heterocycles. The van der Waals surface area contributed by atoms with E-state index in [1.165, 1.54) is 6.07 Å². The summed E-state index contributed by atoms with van der Waals surface area (Å²) >= 11 is 0. The lowest BCUT2D eigenvalue weighted by atomic mass is 10.1. The number of aryl methyl sites for hydroxylation is 1. The van der Waals surface area contributed by atoms with Crippen molar-refractivity contribution in [3.8, 4) is 0 Å². The Morgan fingerprint density at radius 1 is 0.972 bits per heavy atom. The SMILES string of the molecule is Cc1cccc2c(NCc3ccccc3F)nc(CNC(=O)c3cccc(Cn4cccn4)c3)nc12. The maximum atomic E-state index is 14.1. The number of carbonyl (C=O) groups is 1. The van der Waals surface area contributed by atoms with Crippen molar-refractivity contribution >= 4 is 22.6 Å². The van der Waals surface area contributed by atoms with Gasteiger partial charge in [0.25, 0.3) is 5.91 Å². The minimum absolute atomic E-state index is 0.154. The van der Waals surface area contributed by atoms with Crippen molar-refractivity contribution in [2.75, 3.05) is 5.32 Å². The Hall–Kier alpha value is -4.59. The van der Waals surface area contributed by atoms with E-state index in [9.17, 15) is 9.18 Å². The molecule has 0 saturated carbocycles. The lowest BCUT2D eigenvalue weighted by Crippen LogP contribution is -2.24. The lowest BCUT2D eigenvalue weighted by molar-refractivity contribution is 0.0949. The molecule has 0 saturated heterocycles. The summed E-state index contributed by atoms with van der Waals surface area (Å²) in [5.41, 5.74) is 3.84. The van der Waals surface area contributed by atoms with Gasteiger partial charge in [0.1, 0.15) is 11.6 Å². The normalized spacial score (nSPS) is 10.9. The fourth-order valence-corrected chi connectivity index (χ4v) is 4.03. The molecule has 0 aliphatic heterocycles. The molecule has 180 valence electrons. The van der Waals surface area contributed by atoms with Gasteiger partial charge in [0, 0.05) is 35.5 Å². The van der Waals surface area contributed by atoms with E-state index in [1.807, 2.05) is 55.6 Å². The average molecular weight is 481 g/mol. The van der Waals surface area contributed by atoms with Crippen LogP contribution in [0.1, 0.15) is 32.9 Å². The van der Waals surface area contributed by atoms with Gasteiger partial charge in [-0.15, -0.1) is 0 Å². The van der Waals surface area contributed by atoms with E-state index < -0.39 is 0 Å². The van der Waals surface area contributed by atoms with Gasteiger partial charge in [0.2, 0.25) is 0 Å². The number of rotatable bonds is 8. The largest absolute Gasteiger partial charge is 0.365 e. The van der Waals surface area contributed by atoms with Crippen LogP contribution in [0.5, 0.6) is 0 Å². The Morgan fingerprint density at radius 3 is 2.67 bits per heavy atom. The number of nitrogens with one attached hydrogen (secondary N) is 2. The van der Waals surface area contributed by atoms with Crippen LogP contribution in [0.4, 0.5) is 10.2 Å². The second-order valence-electron chi connectivity index (χ2n) is 8.49. The van der Waals surface area contributed by atoms with Crippen LogP contribution in [0.25, 0.3) is 10.9 Å². The molecule has 5 aromatic rings. The van der Waals surface area contributed by atoms with E-state index in [0.717, 1.165) is 22.0 Å². The number of aromatic nitrogens is 4. The molecule has 2 N–H and O–H groups in total. The molecule has 3 aromatic carbocycles. The van der Waals surface area contributed by atoms with Crippen molar-refractivity contribution < 1.29 is 9.18 Å². The smallest absolute Gasteiger partial charge is 0.251 e. The number of hydrogen-bond donors (Lipinski definition) is 2. The molecule has 0 aliphatic carbocycles. The van der Waals surface area contributed by atoms with Gasteiger partial charge >= 0.3 is 0 Å². The zero-order valence-corrected chi connectivity index (χ0v) is 19.8. The molecule has 2 heterocycles.